The second-order valence-electron chi connectivity index (χ2n) is 4.31. The van der Waals surface area contributed by atoms with Gasteiger partial charge in [-0.3, -0.25) is 9.88 Å². The predicted octanol–water partition coefficient (Wildman–Crippen LogP) is 3.17. The molecular weight excluding hydrogens is 342 g/mol. The van der Waals surface area contributed by atoms with Gasteiger partial charge in [0.05, 0.1) is 3.79 Å². The van der Waals surface area contributed by atoms with Gasteiger partial charge < -0.3 is 5.73 Å². The van der Waals surface area contributed by atoms with E-state index in [1.165, 1.54) is 5.56 Å². The Balaban J connectivity index is 2.06. The van der Waals surface area contributed by atoms with Crippen LogP contribution in [0.25, 0.3) is 0 Å². The minimum Gasteiger partial charge on any atom is -0.388 e. The molecule has 2 N–H and O–H groups in total. The van der Waals surface area contributed by atoms with Crippen LogP contribution in [0.1, 0.15) is 16.8 Å². The van der Waals surface area contributed by atoms with Gasteiger partial charge in [0.25, 0.3) is 0 Å². The second-order valence-corrected chi connectivity index (χ2v) is 7.04. The molecule has 2 aromatic heterocycles. The van der Waals surface area contributed by atoms with Crippen LogP contribution < -0.4 is 5.73 Å². The Hall–Kier alpha value is -0.820. The van der Waals surface area contributed by atoms with Gasteiger partial charge in [-0.05, 0) is 51.6 Å². The van der Waals surface area contributed by atoms with Crippen molar-refractivity contribution in [1.29, 1.82) is 0 Å². The summed E-state index contributed by atoms with van der Waals surface area (Å²) in [4.78, 5) is 6.81. The number of halogens is 1. The van der Waals surface area contributed by atoms with Crippen molar-refractivity contribution >= 4 is 44.5 Å². The van der Waals surface area contributed by atoms with Crippen LogP contribution >= 0.6 is 39.5 Å². The van der Waals surface area contributed by atoms with Gasteiger partial charge >= 0.3 is 0 Å². The molecule has 0 spiro atoms. The summed E-state index contributed by atoms with van der Waals surface area (Å²) in [6.07, 6.45) is 1.72. The van der Waals surface area contributed by atoms with Crippen LogP contribution in [0.2, 0.25) is 0 Å². The standard InChI is InChI=1S/C13H14BrN3S2/c1-17(6-9-5-11(14)19-8-9)7-10-3-2-4-16-12(10)13(15)18/h2-5,8H,6-7H2,1H3,(H2,15,18). The van der Waals surface area contributed by atoms with Crippen molar-refractivity contribution in [2.24, 2.45) is 5.73 Å². The summed E-state index contributed by atoms with van der Waals surface area (Å²) in [5.74, 6) is 0. The lowest BCUT2D eigenvalue weighted by Gasteiger charge is -2.17. The Kier molecular flexibility index (Phi) is 5.04. The maximum Gasteiger partial charge on any atom is 0.123 e. The topological polar surface area (TPSA) is 42.2 Å². The van der Waals surface area contributed by atoms with Gasteiger partial charge in [-0.25, -0.2) is 0 Å². The zero-order valence-electron chi connectivity index (χ0n) is 10.5. The van der Waals surface area contributed by atoms with Crippen molar-refractivity contribution < 1.29 is 0 Å². The van der Waals surface area contributed by atoms with Gasteiger partial charge in [-0.15, -0.1) is 11.3 Å². The largest absolute Gasteiger partial charge is 0.388 e. The summed E-state index contributed by atoms with van der Waals surface area (Å²) >= 11 is 10.2. The second kappa shape index (κ2) is 6.56. The fourth-order valence-electron chi connectivity index (χ4n) is 1.88. The molecule has 0 aliphatic heterocycles. The monoisotopic (exact) mass is 355 g/mol. The number of nitrogens with two attached hydrogens (primary N) is 1. The first kappa shape index (κ1) is 14.6. The van der Waals surface area contributed by atoms with Crippen molar-refractivity contribution in [3.05, 3.63) is 50.4 Å². The molecule has 19 heavy (non-hydrogen) atoms. The maximum atomic E-state index is 5.69. The Morgan fingerprint density at radius 2 is 2.32 bits per heavy atom. The van der Waals surface area contributed by atoms with Crippen molar-refractivity contribution in [2.75, 3.05) is 7.05 Å². The molecule has 2 aromatic rings. The quantitative estimate of drug-likeness (QED) is 0.836. The summed E-state index contributed by atoms with van der Waals surface area (Å²) in [6.45, 7) is 1.65. The number of hydrogen-bond donors (Lipinski definition) is 1. The van der Waals surface area contributed by atoms with Crippen molar-refractivity contribution in [2.45, 2.75) is 13.1 Å². The molecule has 0 fully saturated rings. The Labute approximate surface area is 130 Å². The Bertz CT molecular complexity index is 583. The molecule has 0 saturated carbocycles. The number of hydrogen-bond acceptors (Lipinski definition) is 4. The minimum absolute atomic E-state index is 0.349. The highest BCUT2D eigenvalue weighted by atomic mass is 79.9. The number of pyridine rings is 1. The molecule has 0 bridgehead atoms. The van der Waals surface area contributed by atoms with Gasteiger partial charge in [0, 0.05) is 19.3 Å². The molecule has 2 rings (SSSR count). The van der Waals surface area contributed by atoms with E-state index in [2.05, 4.69) is 44.3 Å². The zero-order valence-corrected chi connectivity index (χ0v) is 13.7. The third-order valence-corrected chi connectivity index (χ3v) is 4.39. The van der Waals surface area contributed by atoms with Gasteiger partial charge in [0.15, 0.2) is 0 Å². The van der Waals surface area contributed by atoms with E-state index in [1.54, 1.807) is 17.5 Å². The third-order valence-electron chi connectivity index (χ3n) is 2.64. The molecule has 0 saturated heterocycles. The fourth-order valence-corrected chi connectivity index (χ4v) is 3.26. The molecule has 0 aromatic carbocycles. The van der Waals surface area contributed by atoms with E-state index in [1.807, 2.05) is 12.1 Å². The van der Waals surface area contributed by atoms with Crippen LogP contribution in [0.5, 0.6) is 0 Å². The van der Waals surface area contributed by atoms with E-state index in [0.717, 1.165) is 28.1 Å². The fraction of sp³-hybridized carbons (Fsp3) is 0.231. The van der Waals surface area contributed by atoms with Gasteiger partial charge in [-0.1, -0.05) is 18.3 Å². The number of rotatable bonds is 5. The van der Waals surface area contributed by atoms with E-state index in [4.69, 9.17) is 18.0 Å². The van der Waals surface area contributed by atoms with Crippen LogP contribution in [-0.2, 0) is 13.1 Å². The highest BCUT2D eigenvalue weighted by molar-refractivity contribution is 9.11. The molecule has 0 atom stereocenters. The molecule has 0 aliphatic rings. The van der Waals surface area contributed by atoms with Crippen LogP contribution in [0, 0.1) is 0 Å². The molecule has 0 unspecified atom stereocenters. The lowest BCUT2D eigenvalue weighted by atomic mass is 10.1. The number of thiophene rings is 1. The van der Waals surface area contributed by atoms with Crippen LogP contribution in [0.4, 0.5) is 0 Å². The van der Waals surface area contributed by atoms with Gasteiger partial charge in [0.1, 0.15) is 10.7 Å². The first-order valence-corrected chi connectivity index (χ1v) is 7.79. The van der Waals surface area contributed by atoms with Crippen molar-refractivity contribution in [1.82, 2.24) is 9.88 Å². The summed E-state index contributed by atoms with van der Waals surface area (Å²) in [5.41, 5.74) is 8.76. The maximum absolute atomic E-state index is 5.69. The van der Waals surface area contributed by atoms with E-state index >= 15 is 0 Å². The highest BCUT2D eigenvalue weighted by Crippen LogP contribution is 2.22. The minimum atomic E-state index is 0.349. The molecule has 0 aliphatic carbocycles. The predicted molar refractivity (Wildman–Crippen MR) is 87.3 cm³/mol. The molecule has 2 heterocycles. The SMILES string of the molecule is CN(Cc1csc(Br)c1)Cc1cccnc1C(N)=S. The van der Waals surface area contributed by atoms with Crippen molar-refractivity contribution in [3.8, 4) is 0 Å². The Morgan fingerprint density at radius 3 is 2.95 bits per heavy atom. The van der Waals surface area contributed by atoms with E-state index in [0.29, 0.717) is 4.99 Å². The average molecular weight is 356 g/mol. The highest BCUT2D eigenvalue weighted by Gasteiger charge is 2.09. The Morgan fingerprint density at radius 1 is 1.53 bits per heavy atom. The molecule has 3 nitrogen and oxygen atoms in total. The molecule has 6 heteroatoms. The molecule has 100 valence electrons. The van der Waals surface area contributed by atoms with E-state index < -0.39 is 0 Å². The first-order valence-electron chi connectivity index (χ1n) is 5.71. The summed E-state index contributed by atoms with van der Waals surface area (Å²) < 4.78 is 1.15. The lowest BCUT2D eigenvalue weighted by Crippen LogP contribution is -2.21. The molecule has 0 radical (unpaired) electrons. The number of thiocarbonyl (C=S) groups is 1. The lowest BCUT2D eigenvalue weighted by molar-refractivity contribution is 0.319. The van der Waals surface area contributed by atoms with Gasteiger partial charge in [-0.2, -0.15) is 0 Å². The summed E-state index contributed by atoms with van der Waals surface area (Å²) in [5, 5.41) is 2.15. The number of nitrogens with zero attached hydrogens (tertiary/aromatic N) is 2. The average Bonchev–Trinajstić information content (AvgIpc) is 2.75. The van der Waals surface area contributed by atoms with E-state index in [9.17, 15) is 0 Å². The summed E-state index contributed by atoms with van der Waals surface area (Å²) in [6, 6.07) is 6.06. The van der Waals surface area contributed by atoms with E-state index in [-0.39, 0.29) is 0 Å². The third kappa shape index (κ3) is 4.07. The van der Waals surface area contributed by atoms with Crippen LogP contribution in [0.3, 0.4) is 0 Å². The zero-order chi connectivity index (χ0) is 13.8. The smallest absolute Gasteiger partial charge is 0.123 e. The normalized spacial score (nSPS) is 10.9. The molecule has 0 amide bonds. The van der Waals surface area contributed by atoms with Gasteiger partial charge in [0.2, 0.25) is 0 Å². The van der Waals surface area contributed by atoms with Crippen LogP contribution in [0.15, 0.2) is 33.6 Å². The summed E-state index contributed by atoms with van der Waals surface area (Å²) in [7, 11) is 2.07. The number of aromatic nitrogens is 1. The van der Waals surface area contributed by atoms with Crippen LogP contribution in [-0.4, -0.2) is 21.9 Å². The molecular formula is C13H14BrN3S2. The first-order chi connectivity index (χ1) is 9.06. The van der Waals surface area contributed by atoms with Crippen molar-refractivity contribution in [3.63, 3.8) is 0 Å².